The van der Waals surface area contributed by atoms with Gasteiger partial charge in [-0.05, 0) is 26.2 Å². The van der Waals surface area contributed by atoms with E-state index in [1.54, 1.807) is 6.92 Å². The van der Waals surface area contributed by atoms with Gasteiger partial charge in [-0.15, -0.1) is 12.3 Å². The third-order valence-corrected chi connectivity index (χ3v) is 1.94. The van der Waals surface area contributed by atoms with Gasteiger partial charge in [0.05, 0.1) is 0 Å². The van der Waals surface area contributed by atoms with Crippen LogP contribution in [0.5, 0.6) is 0 Å². The summed E-state index contributed by atoms with van der Waals surface area (Å²) in [6.45, 7) is 3.70. The summed E-state index contributed by atoms with van der Waals surface area (Å²) in [5.41, 5.74) is 0. The molecule has 1 heteroatoms. The number of rotatable bonds is 5. The minimum absolute atomic E-state index is 0.239. The lowest BCUT2D eigenvalue weighted by Gasteiger charge is -2.08. The van der Waals surface area contributed by atoms with Gasteiger partial charge in [-0.2, -0.15) is 0 Å². The summed E-state index contributed by atoms with van der Waals surface area (Å²) in [6.07, 6.45) is 8.77. The zero-order valence-corrected chi connectivity index (χ0v) is 7.39. The number of hydrogen-bond acceptors (Lipinski definition) is 1. The molecule has 0 bridgehead atoms. The van der Waals surface area contributed by atoms with E-state index < -0.39 is 0 Å². The fourth-order valence-electron chi connectivity index (χ4n) is 1.15. The van der Waals surface area contributed by atoms with Gasteiger partial charge in [0.25, 0.3) is 0 Å². The molecule has 11 heavy (non-hydrogen) atoms. The molecule has 0 aliphatic carbocycles. The summed E-state index contributed by atoms with van der Waals surface area (Å²) < 4.78 is 0. The van der Waals surface area contributed by atoms with Gasteiger partial charge >= 0.3 is 0 Å². The molecule has 0 spiro atoms. The van der Waals surface area contributed by atoms with Crippen molar-refractivity contribution in [3.05, 3.63) is 0 Å². The molecule has 62 valence electrons. The Morgan fingerprint density at radius 2 is 2.27 bits per heavy atom. The van der Waals surface area contributed by atoms with Crippen molar-refractivity contribution in [1.82, 2.24) is 0 Å². The van der Waals surface area contributed by atoms with E-state index in [0.29, 0.717) is 5.78 Å². The normalized spacial score (nSPS) is 12.1. The Morgan fingerprint density at radius 1 is 1.64 bits per heavy atom. The second kappa shape index (κ2) is 5.97. The highest BCUT2D eigenvalue weighted by Crippen LogP contribution is 2.12. The Balaban J connectivity index is 3.54. The Hall–Kier alpha value is -0.770. The van der Waals surface area contributed by atoms with E-state index in [-0.39, 0.29) is 5.92 Å². The van der Waals surface area contributed by atoms with Gasteiger partial charge in [0, 0.05) is 12.3 Å². The summed E-state index contributed by atoms with van der Waals surface area (Å²) in [5, 5.41) is 0. The van der Waals surface area contributed by atoms with E-state index in [4.69, 9.17) is 6.42 Å². The SMILES string of the molecule is C#CCCCC(CC)C(C)=O. The highest BCUT2D eigenvalue weighted by Gasteiger charge is 2.09. The van der Waals surface area contributed by atoms with Crippen molar-refractivity contribution in [2.75, 3.05) is 0 Å². The predicted molar refractivity (Wildman–Crippen MR) is 47.1 cm³/mol. The van der Waals surface area contributed by atoms with E-state index in [0.717, 1.165) is 25.7 Å². The molecule has 0 aromatic rings. The van der Waals surface area contributed by atoms with Crippen molar-refractivity contribution in [3.63, 3.8) is 0 Å². The quantitative estimate of drug-likeness (QED) is 0.436. The third-order valence-electron chi connectivity index (χ3n) is 1.94. The van der Waals surface area contributed by atoms with Crippen LogP contribution in [-0.4, -0.2) is 5.78 Å². The van der Waals surface area contributed by atoms with Crippen LogP contribution < -0.4 is 0 Å². The van der Waals surface area contributed by atoms with Crippen molar-refractivity contribution in [2.45, 2.75) is 39.5 Å². The maximum absolute atomic E-state index is 10.9. The van der Waals surface area contributed by atoms with Crippen LogP contribution in [0.2, 0.25) is 0 Å². The first-order valence-electron chi connectivity index (χ1n) is 4.16. The maximum atomic E-state index is 10.9. The molecule has 0 radical (unpaired) electrons. The van der Waals surface area contributed by atoms with Crippen molar-refractivity contribution in [1.29, 1.82) is 0 Å². The zero-order valence-electron chi connectivity index (χ0n) is 7.39. The van der Waals surface area contributed by atoms with E-state index in [2.05, 4.69) is 5.92 Å². The maximum Gasteiger partial charge on any atom is 0.132 e. The molecule has 1 atom stereocenters. The first-order chi connectivity index (χ1) is 5.22. The smallest absolute Gasteiger partial charge is 0.132 e. The highest BCUT2D eigenvalue weighted by atomic mass is 16.1. The minimum atomic E-state index is 0.239. The molecule has 0 N–H and O–H groups in total. The first-order valence-corrected chi connectivity index (χ1v) is 4.16. The summed E-state index contributed by atoms with van der Waals surface area (Å²) >= 11 is 0. The van der Waals surface area contributed by atoms with Crippen LogP contribution in [0.25, 0.3) is 0 Å². The molecule has 0 amide bonds. The number of carbonyl (C=O) groups is 1. The van der Waals surface area contributed by atoms with Gasteiger partial charge < -0.3 is 0 Å². The monoisotopic (exact) mass is 152 g/mol. The summed E-state index contributed by atoms with van der Waals surface area (Å²) in [6, 6.07) is 0. The average molecular weight is 152 g/mol. The van der Waals surface area contributed by atoms with E-state index >= 15 is 0 Å². The number of ketones is 1. The number of hydrogen-bond donors (Lipinski definition) is 0. The van der Waals surface area contributed by atoms with Crippen molar-refractivity contribution >= 4 is 5.78 Å². The number of carbonyl (C=O) groups excluding carboxylic acids is 1. The van der Waals surface area contributed by atoms with Crippen LogP contribution in [0.15, 0.2) is 0 Å². The lowest BCUT2D eigenvalue weighted by Crippen LogP contribution is -2.08. The number of terminal acetylenes is 1. The number of unbranched alkanes of at least 4 members (excludes halogenated alkanes) is 1. The number of Topliss-reactive ketones (excluding diaryl/α,β-unsaturated/α-hetero) is 1. The van der Waals surface area contributed by atoms with Gasteiger partial charge in [0.2, 0.25) is 0 Å². The van der Waals surface area contributed by atoms with Gasteiger partial charge in [-0.1, -0.05) is 6.92 Å². The summed E-state index contributed by atoms with van der Waals surface area (Å²) in [7, 11) is 0. The molecule has 0 heterocycles. The topological polar surface area (TPSA) is 17.1 Å². The molecule has 0 aliphatic rings. The third kappa shape index (κ3) is 4.61. The fraction of sp³-hybridized carbons (Fsp3) is 0.700. The molecule has 0 fully saturated rings. The van der Waals surface area contributed by atoms with Gasteiger partial charge in [0.15, 0.2) is 0 Å². The molecule has 0 aromatic carbocycles. The standard InChI is InChI=1S/C10H16O/c1-4-6-7-8-10(5-2)9(3)11/h1,10H,5-8H2,2-3H3. The second-order valence-electron chi connectivity index (χ2n) is 2.81. The average Bonchev–Trinajstić information content (AvgIpc) is 1.97. The largest absolute Gasteiger partial charge is 0.300 e. The Kier molecular flexibility index (Phi) is 5.56. The summed E-state index contributed by atoms with van der Waals surface area (Å²) in [5.74, 6) is 3.11. The molecular weight excluding hydrogens is 136 g/mol. The zero-order chi connectivity index (χ0) is 8.69. The Bertz CT molecular complexity index is 153. The molecule has 0 rings (SSSR count). The molecular formula is C10H16O. The Labute approximate surface area is 69.2 Å². The molecule has 1 nitrogen and oxygen atoms in total. The molecule has 0 saturated heterocycles. The Morgan fingerprint density at radius 3 is 2.64 bits per heavy atom. The second-order valence-corrected chi connectivity index (χ2v) is 2.81. The lowest BCUT2D eigenvalue weighted by molar-refractivity contribution is -0.121. The predicted octanol–water partition coefficient (Wildman–Crippen LogP) is 2.41. The van der Waals surface area contributed by atoms with Crippen molar-refractivity contribution in [3.8, 4) is 12.3 Å². The lowest BCUT2D eigenvalue weighted by atomic mass is 9.96. The molecule has 0 aromatic heterocycles. The molecule has 0 aliphatic heterocycles. The van der Waals surface area contributed by atoms with Crippen LogP contribution in [-0.2, 0) is 4.79 Å². The van der Waals surface area contributed by atoms with Crippen LogP contribution in [0.3, 0.4) is 0 Å². The minimum Gasteiger partial charge on any atom is -0.300 e. The van der Waals surface area contributed by atoms with Crippen LogP contribution in [0.4, 0.5) is 0 Å². The van der Waals surface area contributed by atoms with Crippen molar-refractivity contribution < 1.29 is 4.79 Å². The van der Waals surface area contributed by atoms with Gasteiger partial charge in [0.1, 0.15) is 5.78 Å². The molecule has 0 saturated carbocycles. The summed E-state index contributed by atoms with van der Waals surface area (Å²) in [4.78, 5) is 10.9. The van der Waals surface area contributed by atoms with Crippen LogP contribution in [0.1, 0.15) is 39.5 Å². The van der Waals surface area contributed by atoms with E-state index in [1.165, 1.54) is 0 Å². The van der Waals surface area contributed by atoms with E-state index in [9.17, 15) is 4.79 Å². The van der Waals surface area contributed by atoms with Crippen LogP contribution >= 0.6 is 0 Å². The van der Waals surface area contributed by atoms with E-state index in [1.807, 2.05) is 6.92 Å². The molecule has 1 unspecified atom stereocenters. The first kappa shape index (κ1) is 10.2. The fourth-order valence-corrected chi connectivity index (χ4v) is 1.15. The van der Waals surface area contributed by atoms with Gasteiger partial charge in [-0.25, -0.2) is 0 Å². The van der Waals surface area contributed by atoms with Gasteiger partial charge in [-0.3, -0.25) is 4.79 Å². The van der Waals surface area contributed by atoms with Crippen LogP contribution in [0, 0.1) is 18.3 Å². The van der Waals surface area contributed by atoms with Crippen molar-refractivity contribution in [2.24, 2.45) is 5.92 Å². The highest BCUT2D eigenvalue weighted by molar-refractivity contribution is 5.78.